The van der Waals surface area contributed by atoms with Crippen LogP contribution >= 0.6 is 0 Å². The van der Waals surface area contributed by atoms with Crippen LogP contribution in [0.1, 0.15) is 29.2 Å². The number of hydrogen-bond donors (Lipinski definition) is 1. The third-order valence-corrected chi connectivity index (χ3v) is 4.10. The summed E-state index contributed by atoms with van der Waals surface area (Å²) >= 11 is 0. The Bertz CT molecular complexity index is 856. The first-order valence-electron chi connectivity index (χ1n) is 7.67. The number of fused-ring (bicyclic) bond motifs is 1. The number of halogens is 4. The Kier molecular flexibility index (Phi) is 4.57. The molecule has 11 heteroatoms. The number of hydrogen-bond acceptors (Lipinski definition) is 5. The summed E-state index contributed by atoms with van der Waals surface area (Å²) < 4.78 is 51.8. The minimum Gasteiger partial charge on any atom is -0.366 e. The van der Waals surface area contributed by atoms with Crippen molar-refractivity contribution in [2.24, 2.45) is 5.73 Å². The van der Waals surface area contributed by atoms with Crippen LogP contribution in [0, 0.1) is 5.82 Å². The third kappa shape index (κ3) is 3.62. The number of alkyl halides is 3. The maximum Gasteiger partial charge on any atom is 0.492 e. The van der Waals surface area contributed by atoms with Crippen molar-refractivity contribution in [1.29, 1.82) is 0 Å². The summed E-state index contributed by atoms with van der Waals surface area (Å²) in [6, 6.07) is 2.01. The van der Waals surface area contributed by atoms with Crippen molar-refractivity contribution < 1.29 is 32.0 Å². The number of carbonyl (C=O) groups is 2. The van der Waals surface area contributed by atoms with Gasteiger partial charge < -0.3 is 10.6 Å². The number of aromatic nitrogens is 2. The molecule has 2 aromatic rings. The van der Waals surface area contributed by atoms with E-state index in [1.54, 1.807) is 6.20 Å². The van der Waals surface area contributed by atoms with E-state index in [1.165, 1.54) is 10.7 Å². The van der Waals surface area contributed by atoms with Gasteiger partial charge in [-0.25, -0.2) is 9.18 Å². The molecule has 1 fully saturated rings. The Labute approximate surface area is 144 Å². The van der Waals surface area contributed by atoms with E-state index in [4.69, 9.17) is 5.73 Å². The average molecular weight is 374 g/mol. The monoisotopic (exact) mass is 374 g/mol. The van der Waals surface area contributed by atoms with Crippen molar-refractivity contribution >= 4 is 22.8 Å². The number of hydroxylamine groups is 2. The molecule has 140 valence electrons. The van der Waals surface area contributed by atoms with Crippen molar-refractivity contribution in [2.45, 2.75) is 25.1 Å². The fraction of sp³-hybridized carbons (Fsp3) is 0.400. The number of rotatable bonds is 3. The maximum absolute atomic E-state index is 13.6. The van der Waals surface area contributed by atoms with E-state index in [0.29, 0.717) is 18.2 Å². The van der Waals surface area contributed by atoms with Crippen molar-refractivity contribution in [3.63, 3.8) is 0 Å². The maximum atomic E-state index is 13.6. The van der Waals surface area contributed by atoms with E-state index in [0.717, 1.165) is 11.1 Å². The molecular weight excluding hydrogens is 360 g/mol. The van der Waals surface area contributed by atoms with Gasteiger partial charge in [-0.1, -0.05) is 0 Å². The first kappa shape index (κ1) is 18.1. The average Bonchev–Trinajstić information content (AvgIpc) is 2.97. The second kappa shape index (κ2) is 6.56. The van der Waals surface area contributed by atoms with Crippen LogP contribution in [0.2, 0.25) is 0 Å². The van der Waals surface area contributed by atoms with Crippen molar-refractivity contribution in [1.82, 2.24) is 14.8 Å². The predicted octanol–water partition coefficient (Wildman–Crippen LogP) is 1.93. The molecule has 1 saturated heterocycles. The standard InChI is InChI=1S/C15H14F4N4O3/c16-9-5-8-7-23(21-12(8)11(6-9)13(20)24)10-1-3-22(4-2-10)26-14(25)15(17,18)19/h5-7,10H,1-4H2,(H2,20,24). The summed E-state index contributed by atoms with van der Waals surface area (Å²) in [4.78, 5) is 26.6. The molecule has 1 aromatic heterocycles. The normalized spacial score (nSPS) is 16.8. The lowest BCUT2D eigenvalue weighted by atomic mass is 10.1. The fourth-order valence-corrected chi connectivity index (χ4v) is 2.86. The first-order chi connectivity index (χ1) is 12.1. The second-order valence-corrected chi connectivity index (χ2v) is 5.90. The Morgan fingerprint density at radius 3 is 2.46 bits per heavy atom. The number of carbonyl (C=O) groups excluding carboxylic acids is 2. The SMILES string of the molecule is NC(=O)c1cc(F)cc2cn(C3CCN(OC(=O)C(F)(F)F)CC3)nc12. The lowest BCUT2D eigenvalue weighted by Gasteiger charge is -2.30. The van der Waals surface area contributed by atoms with Crippen molar-refractivity contribution in [3.8, 4) is 0 Å². The van der Waals surface area contributed by atoms with Crippen LogP contribution in [0.3, 0.4) is 0 Å². The minimum absolute atomic E-state index is 0.0460. The Hall–Kier alpha value is -2.69. The molecular formula is C15H14F4N4O3. The predicted molar refractivity (Wildman–Crippen MR) is 80.2 cm³/mol. The molecule has 2 heterocycles. The molecule has 7 nitrogen and oxygen atoms in total. The molecule has 0 atom stereocenters. The minimum atomic E-state index is -5.05. The summed E-state index contributed by atoms with van der Waals surface area (Å²) in [5, 5.41) is 5.61. The summed E-state index contributed by atoms with van der Waals surface area (Å²) in [6.45, 7) is 0.166. The van der Waals surface area contributed by atoms with Crippen molar-refractivity contribution in [3.05, 3.63) is 29.7 Å². The van der Waals surface area contributed by atoms with E-state index in [9.17, 15) is 27.2 Å². The molecule has 3 rings (SSSR count). The van der Waals surface area contributed by atoms with Gasteiger partial charge in [0.1, 0.15) is 11.3 Å². The van der Waals surface area contributed by atoms with Crippen LogP contribution < -0.4 is 5.73 Å². The van der Waals surface area contributed by atoms with Gasteiger partial charge in [0.2, 0.25) is 0 Å². The van der Waals surface area contributed by atoms with Crippen LogP contribution in [0.25, 0.3) is 10.9 Å². The molecule has 26 heavy (non-hydrogen) atoms. The van der Waals surface area contributed by atoms with Crippen LogP contribution in [0.5, 0.6) is 0 Å². The zero-order valence-electron chi connectivity index (χ0n) is 13.3. The lowest BCUT2D eigenvalue weighted by molar-refractivity contribution is -0.242. The van der Waals surface area contributed by atoms with Gasteiger partial charge in [0, 0.05) is 24.7 Å². The van der Waals surface area contributed by atoms with Gasteiger partial charge in [-0.05, 0) is 25.0 Å². The molecule has 1 aliphatic rings. The van der Waals surface area contributed by atoms with E-state index >= 15 is 0 Å². The van der Waals surface area contributed by atoms with E-state index in [2.05, 4.69) is 9.94 Å². The number of nitrogens with zero attached hydrogens (tertiary/aromatic N) is 3. The summed E-state index contributed by atoms with van der Waals surface area (Å²) in [7, 11) is 0. The molecule has 1 aromatic carbocycles. The molecule has 1 aliphatic heterocycles. The van der Waals surface area contributed by atoms with Gasteiger partial charge in [-0.2, -0.15) is 18.3 Å². The highest BCUT2D eigenvalue weighted by Crippen LogP contribution is 2.27. The first-order valence-corrected chi connectivity index (χ1v) is 7.67. The number of amides is 1. The number of benzene rings is 1. The highest BCUT2D eigenvalue weighted by molar-refractivity contribution is 6.04. The van der Waals surface area contributed by atoms with Gasteiger partial charge in [0.25, 0.3) is 5.91 Å². The summed E-state index contributed by atoms with van der Waals surface area (Å²) in [6.07, 6.45) is -2.79. The van der Waals surface area contributed by atoms with Gasteiger partial charge in [-0.15, -0.1) is 5.06 Å². The molecule has 0 aliphatic carbocycles. The molecule has 0 unspecified atom stereocenters. The fourth-order valence-electron chi connectivity index (χ4n) is 2.86. The van der Waals surface area contributed by atoms with Crippen molar-refractivity contribution in [2.75, 3.05) is 13.1 Å². The molecule has 0 bridgehead atoms. The summed E-state index contributed by atoms with van der Waals surface area (Å²) in [5.74, 6) is -3.70. The van der Waals surface area contributed by atoms with Gasteiger partial charge in [0.15, 0.2) is 0 Å². The molecule has 1 amide bonds. The van der Waals surface area contributed by atoms with E-state index in [-0.39, 0.29) is 30.2 Å². The molecule has 2 N–H and O–H groups in total. The van der Waals surface area contributed by atoms with Crippen LogP contribution in [0.4, 0.5) is 17.6 Å². The Balaban J connectivity index is 1.73. The molecule has 0 spiro atoms. The largest absolute Gasteiger partial charge is 0.492 e. The Morgan fingerprint density at radius 1 is 1.23 bits per heavy atom. The zero-order valence-corrected chi connectivity index (χ0v) is 13.3. The van der Waals surface area contributed by atoms with E-state index < -0.39 is 23.9 Å². The van der Waals surface area contributed by atoms with E-state index in [1.807, 2.05) is 0 Å². The Morgan fingerprint density at radius 2 is 1.88 bits per heavy atom. The number of primary amides is 1. The second-order valence-electron chi connectivity index (χ2n) is 5.90. The van der Waals surface area contributed by atoms with Gasteiger partial charge >= 0.3 is 12.1 Å². The lowest BCUT2D eigenvalue weighted by Crippen LogP contribution is -2.40. The van der Waals surface area contributed by atoms with Crippen LogP contribution in [-0.2, 0) is 9.63 Å². The number of piperidine rings is 1. The summed E-state index contributed by atoms with van der Waals surface area (Å²) in [5.41, 5.74) is 5.44. The topological polar surface area (TPSA) is 90.5 Å². The quantitative estimate of drug-likeness (QED) is 0.829. The number of nitrogens with two attached hydrogens (primary N) is 1. The third-order valence-electron chi connectivity index (χ3n) is 4.10. The molecule has 0 radical (unpaired) electrons. The zero-order chi connectivity index (χ0) is 19.1. The van der Waals surface area contributed by atoms with Crippen LogP contribution in [-0.4, -0.2) is 46.0 Å². The van der Waals surface area contributed by atoms with Gasteiger partial charge in [-0.3, -0.25) is 9.48 Å². The smallest absolute Gasteiger partial charge is 0.366 e. The van der Waals surface area contributed by atoms with Gasteiger partial charge in [0.05, 0.1) is 11.6 Å². The highest BCUT2D eigenvalue weighted by atomic mass is 19.4. The highest BCUT2D eigenvalue weighted by Gasteiger charge is 2.43. The molecule has 0 saturated carbocycles. The van der Waals surface area contributed by atoms with Crippen LogP contribution in [0.15, 0.2) is 18.3 Å².